The van der Waals surface area contributed by atoms with E-state index in [0.717, 1.165) is 18.2 Å². The van der Waals surface area contributed by atoms with Crippen molar-refractivity contribution in [1.29, 1.82) is 0 Å². The number of Topliss-reactive ketones (excluding diaryl/α,β-unsaturated/α-hetero) is 2. The topological polar surface area (TPSA) is 72.5 Å². The Bertz CT molecular complexity index is 1740. The predicted octanol–water partition coefficient (Wildman–Crippen LogP) is 8.41. The largest absolute Gasteiger partial charge is 0.419 e. The van der Waals surface area contributed by atoms with Gasteiger partial charge in [-0.2, -0.15) is 13.2 Å². The highest BCUT2D eigenvalue weighted by molar-refractivity contribution is 6.53. The van der Waals surface area contributed by atoms with E-state index in [-0.39, 0.29) is 27.4 Å². The number of hydrogen-bond acceptors (Lipinski definition) is 4. The molecule has 1 unspecified atom stereocenters. The van der Waals surface area contributed by atoms with Gasteiger partial charge in [-0.1, -0.05) is 23.7 Å². The fourth-order valence-corrected chi connectivity index (χ4v) is 6.67. The third-order valence-corrected chi connectivity index (χ3v) is 9.56. The molecule has 0 radical (unpaired) electrons. The number of carbonyl (C=O) groups excluding carboxylic acids is 3. The van der Waals surface area contributed by atoms with Gasteiger partial charge in [-0.05, 0) is 67.3 Å². The van der Waals surface area contributed by atoms with Crippen LogP contribution in [0.5, 0.6) is 0 Å². The average molecular weight is 707 g/mol. The summed E-state index contributed by atoms with van der Waals surface area (Å²) in [5.74, 6) is -7.83. The Morgan fingerprint density at radius 2 is 1.67 bits per heavy atom. The van der Waals surface area contributed by atoms with Gasteiger partial charge in [0.05, 0.1) is 16.5 Å². The summed E-state index contributed by atoms with van der Waals surface area (Å²) in [5, 5.41) is 2.44. The molecule has 1 saturated heterocycles. The molecule has 14 heteroatoms. The highest BCUT2D eigenvalue weighted by Crippen LogP contribution is 2.65. The summed E-state index contributed by atoms with van der Waals surface area (Å²) in [4.78, 5) is 39.1. The number of benzene rings is 3. The molecule has 0 aromatic heterocycles. The zero-order valence-corrected chi connectivity index (χ0v) is 26.1. The molecule has 1 saturated carbocycles. The van der Waals surface area contributed by atoms with Crippen molar-refractivity contribution >= 4 is 58.0 Å². The van der Waals surface area contributed by atoms with Gasteiger partial charge in [0.2, 0.25) is 5.91 Å². The molecule has 46 heavy (non-hydrogen) atoms. The summed E-state index contributed by atoms with van der Waals surface area (Å²) in [5.41, 5.74) is -3.56. The first-order valence-electron chi connectivity index (χ1n) is 13.9. The Kier molecular flexibility index (Phi) is 9.29. The normalized spacial score (nSPS) is 22.0. The number of amides is 1. The van der Waals surface area contributed by atoms with Crippen LogP contribution in [-0.2, 0) is 33.3 Å². The predicted molar refractivity (Wildman–Crippen MR) is 159 cm³/mol. The lowest BCUT2D eigenvalue weighted by Crippen LogP contribution is -2.36. The first kappa shape index (κ1) is 34.2. The number of nitrogens with one attached hydrogen (secondary N) is 1. The third kappa shape index (κ3) is 6.65. The second kappa shape index (κ2) is 12.5. The lowest BCUT2D eigenvalue weighted by atomic mass is 9.91. The van der Waals surface area contributed by atoms with E-state index in [4.69, 9.17) is 39.5 Å². The Morgan fingerprint density at radius 1 is 0.978 bits per heavy atom. The highest BCUT2D eigenvalue weighted by Gasteiger charge is 2.67. The summed E-state index contributed by atoms with van der Waals surface area (Å²) in [7, 11) is 0. The number of anilines is 1. The summed E-state index contributed by atoms with van der Waals surface area (Å²) >= 11 is 18.7. The number of rotatable bonds is 9. The van der Waals surface area contributed by atoms with Gasteiger partial charge in [0.25, 0.3) is 0 Å². The number of halogens is 9. The molecule has 1 amide bonds. The number of hydrogen-bond donors (Lipinski definition) is 1. The monoisotopic (exact) mass is 705 g/mol. The van der Waals surface area contributed by atoms with Gasteiger partial charge in [0.1, 0.15) is 27.4 Å². The summed E-state index contributed by atoms with van der Waals surface area (Å²) in [6.07, 6.45) is -5.07. The molecule has 1 N–H and O–H groups in total. The molecule has 3 aromatic rings. The molecule has 2 fully saturated rings. The molecule has 1 aliphatic heterocycles. The Balaban J connectivity index is 1.32. The minimum atomic E-state index is -4.99. The van der Waals surface area contributed by atoms with Crippen molar-refractivity contribution in [3.63, 3.8) is 0 Å². The Morgan fingerprint density at radius 3 is 2.33 bits per heavy atom. The van der Waals surface area contributed by atoms with Gasteiger partial charge in [-0.25, -0.2) is 13.2 Å². The van der Waals surface area contributed by atoms with E-state index in [1.54, 1.807) is 6.92 Å². The van der Waals surface area contributed by atoms with Crippen LogP contribution < -0.4 is 5.32 Å². The van der Waals surface area contributed by atoms with Gasteiger partial charge < -0.3 is 10.1 Å². The van der Waals surface area contributed by atoms with Crippen LogP contribution in [-0.4, -0.2) is 34.0 Å². The number of carbonyl (C=O) groups is 3. The maximum atomic E-state index is 15.4. The third-order valence-electron chi connectivity index (χ3n) is 8.29. The van der Waals surface area contributed by atoms with Gasteiger partial charge in [-0.15, -0.1) is 23.2 Å². The zero-order chi connectivity index (χ0) is 33.8. The molecular formula is C32H24Cl3F6NO4. The quantitative estimate of drug-likeness (QED) is 0.138. The molecule has 1 aliphatic carbocycles. The van der Waals surface area contributed by atoms with Gasteiger partial charge in [0.15, 0.2) is 11.6 Å². The fraction of sp³-hybridized carbons (Fsp3) is 0.344. The molecule has 3 aromatic carbocycles. The number of ether oxygens (including phenoxy) is 1. The van der Waals surface area contributed by atoms with E-state index in [9.17, 15) is 36.3 Å². The molecule has 3 atom stereocenters. The van der Waals surface area contributed by atoms with E-state index in [1.807, 2.05) is 0 Å². The second-order valence-electron chi connectivity index (χ2n) is 11.4. The molecule has 5 nitrogen and oxygen atoms in total. The van der Waals surface area contributed by atoms with Crippen LogP contribution >= 0.6 is 34.8 Å². The molecule has 0 spiro atoms. The van der Waals surface area contributed by atoms with Crippen LogP contribution in [0, 0.1) is 23.4 Å². The van der Waals surface area contributed by atoms with E-state index in [0.29, 0.717) is 31.6 Å². The summed E-state index contributed by atoms with van der Waals surface area (Å²) in [6.45, 7) is 1.92. The van der Waals surface area contributed by atoms with Crippen molar-refractivity contribution in [3.8, 4) is 0 Å². The van der Waals surface area contributed by atoms with Gasteiger partial charge in [-0.3, -0.25) is 14.4 Å². The average Bonchev–Trinajstić information content (AvgIpc) is 3.28. The molecule has 244 valence electrons. The first-order valence-corrected chi connectivity index (χ1v) is 15.1. The summed E-state index contributed by atoms with van der Waals surface area (Å²) in [6, 6.07) is 8.08. The maximum absolute atomic E-state index is 15.4. The molecule has 2 aliphatic rings. The fourth-order valence-electron chi connectivity index (χ4n) is 5.62. The minimum Gasteiger partial charge on any atom is -0.367 e. The van der Waals surface area contributed by atoms with E-state index in [1.165, 1.54) is 18.2 Å². The van der Waals surface area contributed by atoms with Crippen LogP contribution in [0.15, 0.2) is 48.5 Å². The lowest BCUT2D eigenvalue weighted by molar-refractivity contribution is -0.140. The van der Waals surface area contributed by atoms with Crippen molar-refractivity contribution < 1.29 is 45.5 Å². The molecular weight excluding hydrogens is 683 g/mol. The number of ketones is 2. The van der Waals surface area contributed by atoms with Crippen molar-refractivity contribution in [1.82, 2.24) is 0 Å². The number of alkyl halides is 5. The first-order chi connectivity index (χ1) is 21.4. The van der Waals surface area contributed by atoms with Gasteiger partial charge in [0, 0.05) is 42.2 Å². The van der Waals surface area contributed by atoms with E-state index in [2.05, 4.69) is 5.32 Å². The zero-order valence-electron chi connectivity index (χ0n) is 23.8. The SMILES string of the molecule is CC1(C(=O)Cc2c(F)ccc(CC(=O)c3cc(NC(=O)[C@H]4[C@H](c5ccc(F)c(C(F)(F)F)c5)C4(Cl)Cl)ccc3Cl)c2F)CCCO1. The van der Waals surface area contributed by atoms with Crippen LogP contribution in [0.3, 0.4) is 0 Å². The Hall–Kier alpha value is -3.12. The van der Waals surface area contributed by atoms with Crippen molar-refractivity contribution in [3.05, 3.63) is 98.8 Å². The smallest absolute Gasteiger partial charge is 0.367 e. The lowest BCUT2D eigenvalue weighted by Gasteiger charge is -2.21. The second-order valence-corrected chi connectivity index (χ2v) is 13.3. The van der Waals surface area contributed by atoms with E-state index >= 15 is 4.39 Å². The highest BCUT2D eigenvalue weighted by atomic mass is 35.5. The van der Waals surface area contributed by atoms with Crippen molar-refractivity contribution in [2.24, 2.45) is 5.92 Å². The van der Waals surface area contributed by atoms with Crippen molar-refractivity contribution in [2.75, 3.05) is 11.9 Å². The van der Waals surface area contributed by atoms with Crippen LogP contribution in [0.2, 0.25) is 5.02 Å². The molecule has 0 bridgehead atoms. The van der Waals surface area contributed by atoms with Crippen LogP contribution in [0.1, 0.15) is 58.3 Å². The molecule has 5 rings (SSSR count). The van der Waals surface area contributed by atoms with Crippen LogP contribution in [0.4, 0.5) is 32.0 Å². The maximum Gasteiger partial charge on any atom is 0.419 e. The van der Waals surface area contributed by atoms with Crippen LogP contribution in [0.25, 0.3) is 0 Å². The standard InChI is InChI=1S/C32H24Cl3F6NO4/c1-30(9-2-10-46-30)25(44)14-19-22(36)7-4-16(28(19)38)12-24(43)18-13-17(5-6-21(18)33)42-29(45)27-26(31(27,34)35)15-3-8-23(37)20(11-15)32(39,40)41/h3-8,11,13,26-27H,2,9-10,12,14H2,1H3,(H,42,45)/t26-,27+,30?/m0/s1. The van der Waals surface area contributed by atoms with E-state index < -0.39 is 86.8 Å². The molecule has 1 heterocycles. The van der Waals surface area contributed by atoms with Gasteiger partial charge >= 0.3 is 6.18 Å². The van der Waals surface area contributed by atoms with Crippen molar-refractivity contribution in [2.45, 2.75) is 54.6 Å². The minimum absolute atomic E-state index is 0.0401. The summed E-state index contributed by atoms with van der Waals surface area (Å²) < 4.78 is 87.1. The Labute approximate surface area is 274 Å².